The van der Waals surface area contributed by atoms with Crippen molar-refractivity contribution < 1.29 is 13.9 Å². The molecule has 1 aromatic rings. The molecule has 1 aliphatic rings. The molecule has 0 atom stereocenters. The smallest absolute Gasteiger partial charge is 0.319 e. The zero-order valence-electron chi connectivity index (χ0n) is 12.2. The molecule has 1 heterocycles. The molecule has 2 N–H and O–H groups in total. The Hall–Kier alpha value is -2.06. The summed E-state index contributed by atoms with van der Waals surface area (Å²) in [6, 6.07) is 3.80. The summed E-state index contributed by atoms with van der Waals surface area (Å²) in [7, 11) is 0. The minimum atomic E-state index is -0.785. The van der Waals surface area contributed by atoms with Crippen LogP contribution >= 0.6 is 0 Å². The van der Waals surface area contributed by atoms with Crippen LogP contribution in [0.4, 0.5) is 20.6 Å². The second kappa shape index (κ2) is 8.40. The van der Waals surface area contributed by atoms with Crippen molar-refractivity contribution in [1.29, 1.82) is 0 Å². The molecule has 2 amide bonds. The van der Waals surface area contributed by atoms with E-state index in [4.69, 9.17) is 4.74 Å². The van der Waals surface area contributed by atoms with Gasteiger partial charge in [-0.15, -0.1) is 4.91 Å². The quantitative estimate of drug-likeness (QED) is 0.787. The van der Waals surface area contributed by atoms with Crippen molar-refractivity contribution in [3.05, 3.63) is 28.7 Å². The third-order valence-corrected chi connectivity index (χ3v) is 3.40. The van der Waals surface area contributed by atoms with Gasteiger partial charge in [-0.25, -0.2) is 9.18 Å². The van der Waals surface area contributed by atoms with Crippen LogP contribution in [-0.2, 0) is 11.4 Å². The van der Waals surface area contributed by atoms with Crippen molar-refractivity contribution in [2.75, 3.05) is 44.7 Å². The summed E-state index contributed by atoms with van der Waals surface area (Å²) in [6.45, 7) is 3.58. The lowest BCUT2D eigenvalue weighted by atomic mass is 10.1. The van der Waals surface area contributed by atoms with E-state index in [1.807, 2.05) is 0 Å². The van der Waals surface area contributed by atoms with Gasteiger partial charge < -0.3 is 15.4 Å². The van der Waals surface area contributed by atoms with Gasteiger partial charge in [0.1, 0.15) is 12.4 Å². The highest BCUT2D eigenvalue weighted by Gasteiger charge is 2.11. The van der Waals surface area contributed by atoms with Crippen molar-refractivity contribution in [3.8, 4) is 0 Å². The first kappa shape index (κ1) is 16.3. The summed E-state index contributed by atoms with van der Waals surface area (Å²) in [5.74, 6) is 0. The SMILES string of the molecule is O=Nc1ccc(NC(=O)NCCN2CCOCC2)c(CF)c1. The highest BCUT2D eigenvalue weighted by atomic mass is 19.1. The lowest BCUT2D eigenvalue weighted by Crippen LogP contribution is -2.42. The van der Waals surface area contributed by atoms with Gasteiger partial charge in [0.05, 0.1) is 13.2 Å². The minimum absolute atomic E-state index is 0.130. The maximum absolute atomic E-state index is 12.9. The molecular weight excluding hydrogens is 291 g/mol. The number of amides is 2. The summed E-state index contributed by atoms with van der Waals surface area (Å²) in [5, 5.41) is 8.03. The van der Waals surface area contributed by atoms with Crippen LogP contribution in [0.5, 0.6) is 0 Å². The van der Waals surface area contributed by atoms with Gasteiger partial charge in [-0.2, -0.15) is 0 Å². The number of halogens is 1. The largest absolute Gasteiger partial charge is 0.379 e. The van der Waals surface area contributed by atoms with E-state index in [0.717, 1.165) is 19.6 Å². The molecule has 0 radical (unpaired) electrons. The second-order valence-corrected chi connectivity index (χ2v) is 4.90. The molecule has 0 bridgehead atoms. The summed E-state index contributed by atoms with van der Waals surface area (Å²) >= 11 is 0. The van der Waals surface area contributed by atoms with E-state index in [0.29, 0.717) is 25.4 Å². The molecule has 8 heteroatoms. The van der Waals surface area contributed by atoms with Crippen LogP contribution in [-0.4, -0.2) is 50.3 Å². The van der Waals surface area contributed by atoms with Crippen LogP contribution < -0.4 is 10.6 Å². The van der Waals surface area contributed by atoms with Crippen LogP contribution in [0.15, 0.2) is 23.4 Å². The van der Waals surface area contributed by atoms with Crippen LogP contribution in [0.2, 0.25) is 0 Å². The Kier molecular flexibility index (Phi) is 6.23. The summed E-state index contributed by atoms with van der Waals surface area (Å²) in [4.78, 5) is 24.4. The van der Waals surface area contributed by atoms with E-state index in [1.54, 1.807) is 0 Å². The van der Waals surface area contributed by atoms with Crippen molar-refractivity contribution in [3.63, 3.8) is 0 Å². The Labute approximate surface area is 127 Å². The normalized spacial score (nSPS) is 15.3. The van der Waals surface area contributed by atoms with Crippen LogP contribution in [0, 0.1) is 4.91 Å². The summed E-state index contributed by atoms with van der Waals surface area (Å²) in [6.07, 6.45) is 0. The predicted molar refractivity (Wildman–Crippen MR) is 81.0 cm³/mol. The molecule has 1 saturated heterocycles. The second-order valence-electron chi connectivity index (χ2n) is 4.90. The topological polar surface area (TPSA) is 83.0 Å². The number of alkyl halides is 1. The van der Waals surface area contributed by atoms with Crippen LogP contribution in [0.3, 0.4) is 0 Å². The van der Waals surface area contributed by atoms with Crippen molar-refractivity contribution >= 4 is 17.4 Å². The van der Waals surface area contributed by atoms with E-state index in [1.165, 1.54) is 18.2 Å². The van der Waals surface area contributed by atoms with Gasteiger partial charge in [0.25, 0.3) is 0 Å². The number of hydrogen-bond donors (Lipinski definition) is 2. The number of nitrogens with zero attached hydrogens (tertiary/aromatic N) is 2. The number of benzene rings is 1. The molecular formula is C14H19FN4O3. The number of carbonyl (C=O) groups is 1. The third kappa shape index (κ3) is 4.74. The highest BCUT2D eigenvalue weighted by Crippen LogP contribution is 2.23. The predicted octanol–water partition coefficient (Wildman–Crippen LogP) is 2.01. The zero-order valence-corrected chi connectivity index (χ0v) is 12.2. The maximum atomic E-state index is 12.9. The van der Waals surface area contributed by atoms with Gasteiger partial charge in [-0.05, 0) is 23.4 Å². The maximum Gasteiger partial charge on any atom is 0.319 e. The molecule has 0 spiro atoms. The molecule has 120 valence electrons. The Morgan fingerprint density at radius 3 is 2.82 bits per heavy atom. The molecule has 1 aliphatic heterocycles. The van der Waals surface area contributed by atoms with E-state index >= 15 is 0 Å². The first-order valence-electron chi connectivity index (χ1n) is 7.10. The summed E-state index contributed by atoms with van der Waals surface area (Å²) < 4.78 is 18.2. The fourth-order valence-electron chi connectivity index (χ4n) is 2.19. The molecule has 7 nitrogen and oxygen atoms in total. The lowest BCUT2D eigenvalue weighted by molar-refractivity contribution is 0.0388. The highest BCUT2D eigenvalue weighted by molar-refractivity contribution is 5.90. The molecule has 1 fully saturated rings. The Balaban J connectivity index is 1.80. The number of carbonyl (C=O) groups excluding carboxylic acids is 1. The lowest BCUT2D eigenvalue weighted by Gasteiger charge is -2.26. The fraction of sp³-hybridized carbons (Fsp3) is 0.500. The molecule has 0 aliphatic carbocycles. The average molecular weight is 310 g/mol. The molecule has 1 aromatic carbocycles. The van der Waals surface area contributed by atoms with E-state index in [2.05, 4.69) is 20.7 Å². The zero-order chi connectivity index (χ0) is 15.8. The van der Waals surface area contributed by atoms with Gasteiger partial charge in [-0.1, -0.05) is 0 Å². The van der Waals surface area contributed by atoms with Gasteiger partial charge in [0.15, 0.2) is 0 Å². The number of anilines is 1. The van der Waals surface area contributed by atoms with E-state index < -0.39 is 12.7 Å². The van der Waals surface area contributed by atoms with Crippen molar-refractivity contribution in [2.45, 2.75) is 6.67 Å². The first-order valence-corrected chi connectivity index (χ1v) is 7.10. The van der Waals surface area contributed by atoms with Crippen LogP contribution in [0.25, 0.3) is 0 Å². The minimum Gasteiger partial charge on any atom is -0.379 e. The number of rotatable bonds is 6. The Morgan fingerprint density at radius 1 is 1.36 bits per heavy atom. The molecule has 0 aromatic heterocycles. The monoisotopic (exact) mass is 310 g/mol. The van der Waals surface area contributed by atoms with Gasteiger partial charge >= 0.3 is 6.03 Å². The fourth-order valence-corrected chi connectivity index (χ4v) is 2.19. The third-order valence-electron chi connectivity index (χ3n) is 3.40. The Morgan fingerprint density at radius 2 is 2.14 bits per heavy atom. The van der Waals surface area contributed by atoms with Crippen molar-refractivity contribution in [2.24, 2.45) is 5.18 Å². The van der Waals surface area contributed by atoms with Gasteiger partial charge in [0, 0.05) is 37.4 Å². The number of hydrogen-bond acceptors (Lipinski definition) is 5. The molecule has 2 rings (SSSR count). The van der Waals surface area contributed by atoms with Crippen molar-refractivity contribution in [1.82, 2.24) is 10.2 Å². The number of nitroso groups, excluding NO2 is 1. The summed E-state index contributed by atoms with van der Waals surface area (Å²) in [5.41, 5.74) is 0.685. The van der Waals surface area contributed by atoms with Gasteiger partial charge in [-0.3, -0.25) is 4.90 Å². The number of nitrogens with one attached hydrogen (secondary N) is 2. The average Bonchev–Trinajstić information content (AvgIpc) is 2.56. The standard InChI is InChI=1S/C14H19FN4O3/c15-10-11-9-12(18-21)1-2-13(11)17-14(20)16-3-4-19-5-7-22-8-6-19/h1-2,9H,3-8,10H2,(H2,16,17,20). The molecule has 0 saturated carbocycles. The van der Waals surface area contributed by atoms with E-state index in [9.17, 15) is 14.1 Å². The molecule has 22 heavy (non-hydrogen) atoms. The Bertz CT molecular complexity index is 521. The first-order chi connectivity index (χ1) is 10.7. The number of ether oxygens (including phenoxy) is 1. The van der Waals surface area contributed by atoms with Gasteiger partial charge in [0.2, 0.25) is 0 Å². The molecule has 0 unspecified atom stereocenters. The number of urea groups is 1. The van der Waals surface area contributed by atoms with E-state index in [-0.39, 0.29) is 11.3 Å². The number of morpholine rings is 1. The van der Waals surface area contributed by atoms with Crippen LogP contribution in [0.1, 0.15) is 5.56 Å².